The van der Waals surface area contributed by atoms with Crippen LogP contribution in [-0.2, 0) is 4.79 Å². The van der Waals surface area contributed by atoms with Crippen LogP contribution in [0.1, 0.15) is 35.6 Å². The van der Waals surface area contributed by atoms with E-state index in [1.165, 1.54) is 0 Å². The Morgan fingerprint density at radius 1 is 0.969 bits per heavy atom. The zero-order chi connectivity index (χ0) is 22.5. The maximum absolute atomic E-state index is 13.2. The first-order valence-electron chi connectivity index (χ1n) is 10.3. The van der Waals surface area contributed by atoms with Crippen molar-refractivity contribution >= 4 is 22.6 Å². The maximum atomic E-state index is 13.2. The normalized spacial score (nSPS) is 12.8. The topological polar surface area (TPSA) is 114 Å². The molecule has 0 saturated heterocycles. The maximum Gasteiger partial charge on any atom is 0.323 e. The van der Waals surface area contributed by atoms with E-state index in [-0.39, 0.29) is 17.5 Å². The van der Waals surface area contributed by atoms with Crippen LogP contribution < -0.4 is 16.3 Å². The van der Waals surface area contributed by atoms with Gasteiger partial charge in [-0.3, -0.25) is 4.79 Å². The molecule has 0 aliphatic heterocycles. The van der Waals surface area contributed by atoms with E-state index in [1.807, 2.05) is 42.5 Å². The number of hydrogen-bond donors (Lipinski definition) is 4. The molecule has 0 spiro atoms. The number of imidazole rings is 1. The van der Waals surface area contributed by atoms with Crippen molar-refractivity contribution in [2.75, 3.05) is 11.9 Å². The number of carbonyl (C=O) groups excluding carboxylic acids is 1. The molecule has 7 nitrogen and oxygen atoms in total. The van der Waals surface area contributed by atoms with Gasteiger partial charge in [-0.2, -0.15) is 5.26 Å². The summed E-state index contributed by atoms with van der Waals surface area (Å²) in [5, 5.41) is 15.3. The van der Waals surface area contributed by atoms with Crippen LogP contribution in [0.5, 0.6) is 0 Å². The van der Waals surface area contributed by atoms with E-state index in [4.69, 9.17) is 5.26 Å². The summed E-state index contributed by atoms with van der Waals surface area (Å²) >= 11 is 0. The lowest BCUT2D eigenvalue weighted by Crippen LogP contribution is -2.35. The predicted molar refractivity (Wildman–Crippen MR) is 124 cm³/mol. The van der Waals surface area contributed by atoms with E-state index < -0.39 is 6.04 Å². The first-order valence-corrected chi connectivity index (χ1v) is 10.3. The summed E-state index contributed by atoms with van der Waals surface area (Å²) in [7, 11) is 0. The molecule has 0 radical (unpaired) electrons. The number of aromatic amines is 2. The van der Waals surface area contributed by atoms with Gasteiger partial charge in [-0.05, 0) is 47.4 Å². The van der Waals surface area contributed by atoms with Gasteiger partial charge in [-0.15, -0.1) is 0 Å². The molecule has 4 aromatic rings. The Bertz CT molecular complexity index is 1320. The van der Waals surface area contributed by atoms with Gasteiger partial charge >= 0.3 is 5.69 Å². The smallest absolute Gasteiger partial charge is 0.323 e. The monoisotopic (exact) mass is 425 g/mol. The van der Waals surface area contributed by atoms with Crippen LogP contribution in [0.3, 0.4) is 0 Å². The number of fused-ring (bicyclic) bond motifs is 1. The second-order valence-corrected chi connectivity index (χ2v) is 7.72. The van der Waals surface area contributed by atoms with Crippen LogP contribution in [0.15, 0.2) is 77.6 Å². The highest BCUT2D eigenvalue weighted by molar-refractivity contribution is 5.97. The van der Waals surface area contributed by atoms with Gasteiger partial charge in [-0.1, -0.05) is 49.4 Å². The second-order valence-electron chi connectivity index (χ2n) is 7.72. The van der Waals surface area contributed by atoms with Crippen LogP contribution in [0.2, 0.25) is 0 Å². The summed E-state index contributed by atoms with van der Waals surface area (Å²) in [6.45, 7) is 2.65. The molecule has 160 valence electrons. The largest absolute Gasteiger partial charge is 0.324 e. The number of amides is 1. The summed E-state index contributed by atoms with van der Waals surface area (Å²) in [4.78, 5) is 30.1. The van der Waals surface area contributed by atoms with Crippen LogP contribution in [-0.4, -0.2) is 22.4 Å². The SMILES string of the molecule is C[C@H](CN[C@@H](C(=O)Nc1ccc2[nH]c(=O)[nH]c2c1)c1ccccc1)c1ccc(C#N)cc1. The third kappa shape index (κ3) is 4.77. The van der Waals surface area contributed by atoms with Gasteiger partial charge in [0.2, 0.25) is 5.91 Å². The van der Waals surface area contributed by atoms with E-state index in [0.717, 1.165) is 11.1 Å². The Hall–Kier alpha value is -4.15. The molecule has 1 amide bonds. The molecule has 0 aliphatic rings. The zero-order valence-corrected chi connectivity index (χ0v) is 17.6. The summed E-state index contributed by atoms with van der Waals surface area (Å²) in [6.07, 6.45) is 0. The molecule has 1 aromatic heterocycles. The van der Waals surface area contributed by atoms with E-state index >= 15 is 0 Å². The number of nitrogens with one attached hydrogen (secondary N) is 4. The van der Waals surface area contributed by atoms with Gasteiger partial charge in [0.1, 0.15) is 6.04 Å². The van der Waals surface area contributed by atoms with Crippen LogP contribution in [0, 0.1) is 11.3 Å². The van der Waals surface area contributed by atoms with Gasteiger partial charge < -0.3 is 20.6 Å². The number of benzene rings is 3. The number of nitrogens with zero attached hydrogens (tertiary/aromatic N) is 1. The number of nitriles is 1. The van der Waals surface area contributed by atoms with Crippen molar-refractivity contribution in [3.63, 3.8) is 0 Å². The molecule has 2 atom stereocenters. The number of carbonyl (C=O) groups is 1. The number of H-pyrrole nitrogens is 2. The molecule has 0 fully saturated rings. The van der Waals surface area contributed by atoms with E-state index in [0.29, 0.717) is 28.8 Å². The average Bonchev–Trinajstić information content (AvgIpc) is 3.19. The molecule has 1 heterocycles. The van der Waals surface area contributed by atoms with Crippen molar-refractivity contribution in [3.05, 3.63) is 100.0 Å². The second kappa shape index (κ2) is 9.33. The molecule has 0 saturated carbocycles. The van der Waals surface area contributed by atoms with E-state index in [2.05, 4.69) is 33.6 Å². The highest BCUT2D eigenvalue weighted by atomic mass is 16.2. The Morgan fingerprint density at radius 3 is 2.41 bits per heavy atom. The fourth-order valence-corrected chi connectivity index (χ4v) is 3.63. The van der Waals surface area contributed by atoms with Gasteiger partial charge in [0.05, 0.1) is 22.7 Å². The molecule has 32 heavy (non-hydrogen) atoms. The lowest BCUT2D eigenvalue weighted by atomic mass is 9.98. The highest BCUT2D eigenvalue weighted by Gasteiger charge is 2.21. The van der Waals surface area contributed by atoms with Gasteiger partial charge in [0, 0.05) is 12.2 Å². The van der Waals surface area contributed by atoms with Crippen molar-refractivity contribution in [1.29, 1.82) is 5.26 Å². The number of aromatic nitrogens is 2. The Labute approximate surface area is 185 Å². The third-order valence-corrected chi connectivity index (χ3v) is 5.42. The molecule has 0 unspecified atom stereocenters. The van der Waals surface area contributed by atoms with Crippen molar-refractivity contribution in [1.82, 2.24) is 15.3 Å². The molecule has 3 aromatic carbocycles. The quantitative estimate of drug-likeness (QED) is 0.361. The van der Waals surface area contributed by atoms with E-state index in [1.54, 1.807) is 30.3 Å². The molecule has 7 heteroatoms. The molecular formula is C25H23N5O2. The van der Waals surface area contributed by atoms with E-state index in [9.17, 15) is 9.59 Å². The summed E-state index contributed by atoms with van der Waals surface area (Å²) < 4.78 is 0. The van der Waals surface area contributed by atoms with Crippen molar-refractivity contribution in [2.24, 2.45) is 0 Å². The first-order chi connectivity index (χ1) is 15.5. The Morgan fingerprint density at radius 2 is 1.69 bits per heavy atom. The van der Waals surface area contributed by atoms with Gasteiger partial charge in [0.15, 0.2) is 0 Å². The highest BCUT2D eigenvalue weighted by Crippen LogP contribution is 2.21. The number of rotatable bonds is 7. The molecule has 4 rings (SSSR count). The van der Waals surface area contributed by atoms with Crippen LogP contribution >= 0.6 is 0 Å². The lowest BCUT2D eigenvalue weighted by Gasteiger charge is -2.21. The zero-order valence-electron chi connectivity index (χ0n) is 17.6. The van der Waals surface area contributed by atoms with Crippen molar-refractivity contribution in [3.8, 4) is 6.07 Å². The fraction of sp³-hybridized carbons (Fsp3) is 0.160. The fourth-order valence-electron chi connectivity index (χ4n) is 3.63. The number of hydrogen-bond acceptors (Lipinski definition) is 4. The Balaban J connectivity index is 1.51. The summed E-state index contributed by atoms with van der Waals surface area (Å²) in [5.74, 6) is -0.0523. The van der Waals surface area contributed by atoms with Crippen LogP contribution in [0.4, 0.5) is 5.69 Å². The Kier molecular flexibility index (Phi) is 6.15. The van der Waals surface area contributed by atoms with Gasteiger partial charge in [-0.25, -0.2) is 4.79 Å². The van der Waals surface area contributed by atoms with Gasteiger partial charge in [0.25, 0.3) is 0 Å². The first kappa shape index (κ1) is 21.1. The van der Waals surface area contributed by atoms with Crippen LogP contribution in [0.25, 0.3) is 11.0 Å². The summed E-state index contributed by atoms with van der Waals surface area (Å²) in [6, 6.07) is 23.8. The minimum Gasteiger partial charge on any atom is -0.324 e. The molecule has 4 N–H and O–H groups in total. The molecular weight excluding hydrogens is 402 g/mol. The summed E-state index contributed by atoms with van der Waals surface area (Å²) in [5.41, 5.74) is 4.19. The average molecular weight is 425 g/mol. The predicted octanol–water partition coefficient (Wildman–Crippen LogP) is 3.80. The minimum atomic E-state index is -0.557. The molecule has 0 aliphatic carbocycles. The van der Waals surface area contributed by atoms with Crippen molar-refractivity contribution in [2.45, 2.75) is 18.9 Å². The molecule has 0 bridgehead atoms. The lowest BCUT2D eigenvalue weighted by molar-refractivity contribution is -0.118. The minimum absolute atomic E-state index is 0.142. The third-order valence-electron chi connectivity index (χ3n) is 5.42. The number of anilines is 1. The van der Waals surface area contributed by atoms with Crippen molar-refractivity contribution < 1.29 is 4.79 Å². The standard InChI is InChI=1S/C25H23N5O2/c1-16(18-9-7-17(14-26)8-10-18)15-27-23(19-5-3-2-4-6-19)24(31)28-20-11-12-21-22(13-20)30-25(32)29-21/h2-13,16,23,27H,15H2,1H3,(H,28,31)(H2,29,30,32)/t16-,23-/m1/s1.